The quantitative estimate of drug-likeness (QED) is 0.761. The SMILES string of the molecule is CC1=NC(C(=O)OCc2ccccc2)C(c2ncc(Br)s2)O1. The molecule has 0 saturated heterocycles. The van der Waals surface area contributed by atoms with Crippen LogP contribution in [0.2, 0.25) is 0 Å². The number of carbonyl (C=O) groups is 1. The Morgan fingerprint density at radius 1 is 1.41 bits per heavy atom. The van der Waals surface area contributed by atoms with E-state index in [1.807, 2.05) is 30.3 Å². The Morgan fingerprint density at radius 3 is 2.86 bits per heavy atom. The molecular formula is C15H13BrN2O3S. The minimum absolute atomic E-state index is 0.221. The van der Waals surface area contributed by atoms with Gasteiger partial charge in [0.25, 0.3) is 0 Å². The molecule has 1 aromatic heterocycles. The molecular weight excluding hydrogens is 368 g/mol. The van der Waals surface area contributed by atoms with E-state index < -0.39 is 18.1 Å². The van der Waals surface area contributed by atoms with E-state index in [1.54, 1.807) is 13.1 Å². The number of ether oxygens (including phenoxy) is 2. The zero-order chi connectivity index (χ0) is 15.5. The van der Waals surface area contributed by atoms with E-state index in [9.17, 15) is 4.79 Å². The van der Waals surface area contributed by atoms with Crippen LogP contribution in [0, 0.1) is 0 Å². The number of carbonyl (C=O) groups excluding carboxylic acids is 1. The van der Waals surface area contributed by atoms with E-state index >= 15 is 0 Å². The average molecular weight is 381 g/mol. The highest BCUT2D eigenvalue weighted by molar-refractivity contribution is 9.11. The van der Waals surface area contributed by atoms with Gasteiger partial charge in [-0.05, 0) is 21.5 Å². The molecule has 0 amide bonds. The first-order valence-corrected chi connectivity index (χ1v) is 8.27. The molecule has 22 heavy (non-hydrogen) atoms. The maximum absolute atomic E-state index is 12.3. The maximum atomic E-state index is 12.3. The normalized spacial score (nSPS) is 20.4. The second kappa shape index (κ2) is 6.58. The van der Waals surface area contributed by atoms with Crippen molar-refractivity contribution >= 4 is 39.1 Å². The van der Waals surface area contributed by atoms with Crippen LogP contribution in [0.3, 0.4) is 0 Å². The Labute approximate surface area is 140 Å². The Balaban J connectivity index is 1.69. The number of benzene rings is 1. The third kappa shape index (κ3) is 3.36. The highest BCUT2D eigenvalue weighted by Gasteiger charge is 2.39. The van der Waals surface area contributed by atoms with Crippen LogP contribution in [0.5, 0.6) is 0 Å². The van der Waals surface area contributed by atoms with Gasteiger partial charge in [-0.3, -0.25) is 0 Å². The summed E-state index contributed by atoms with van der Waals surface area (Å²) in [4.78, 5) is 20.8. The molecule has 3 rings (SSSR count). The molecule has 0 fully saturated rings. The van der Waals surface area contributed by atoms with E-state index in [2.05, 4.69) is 25.9 Å². The largest absolute Gasteiger partial charge is 0.468 e. The number of aromatic nitrogens is 1. The summed E-state index contributed by atoms with van der Waals surface area (Å²) in [6.07, 6.45) is 1.17. The van der Waals surface area contributed by atoms with E-state index in [0.717, 1.165) is 9.35 Å². The molecule has 0 aliphatic carbocycles. The van der Waals surface area contributed by atoms with Crippen molar-refractivity contribution < 1.29 is 14.3 Å². The lowest BCUT2D eigenvalue weighted by Crippen LogP contribution is -2.26. The Morgan fingerprint density at radius 2 is 2.18 bits per heavy atom. The minimum atomic E-state index is -0.707. The van der Waals surface area contributed by atoms with Gasteiger partial charge in [-0.1, -0.05) is 30.3 Å². The van der Waals surface area contributed by atoms with Crippen LogP contribution in [-0.2, 0) is 20.9 Å². The minimum Gasteiger partial charge on any atom is -0.468 e. The summed E-state index contributed by atoms with van der Waals surface area (Å²) < 4.78 is 11.9. The van der Waals surface area contributed by atoms with Gasteiger partial charge in [0.1, 0.15) is 11.6 Å². The smallest absolute Gasteiger partial charge is 0.335 e. The van der Waals surface area contributed by atoms with Crippen molar-refractivity contribution in [1.29, 1.82) is 0 Å². The molecule has 0 radical (unpaired) electrons. The summed E-state index contributed by atoms with van der Waals surface area (Å²) in [7, 11) is 0. The molecule has 0 saturated carbocycles. The number of halogens is 1. The highest BCUT2D eigenvalue weighted by Crippen LogP contribution is 2.34. The van der Waals surface area contributed by atoms with Crippen LogP contribution >= 0.6 is 27.3 Å². The fourth-order valence-corrected chi connectivity index (χ4v) is 3.42. The van der Waals surface area contributed by atoms with Crippen molar-refractivity contribution in [2.45, 2.75) is 25.7 Å². The Hall–Kier alpha value is -1.73. The number of hydrogen-bond acceptors (Lipinski definition) is 6. The predicted octanol–water partition coefficient (Wildman–Crippen LogP) is 3.51. The number of nitrogens with zero attached hydrogens (tertiary/aromatic N) is 2. The molecule has 1 aliphatic heterocycles. The Kier molecular flexibility index (Phi) is 4.54. The van der Waals surface area contributed by atoms with E-state index in [1.165, 1.54) is 11.3 Å². The fourth-order valence-electron chi connectivity index (χ4n) is 2.12. The molecule has 114 valence electrons. The van der Waals surface area contributed by atoms with Gasteiger partial charge < -0.3 is 9.47 Å². The molecule has 2 aromatic rings. The first-order chi connectivity index (χ1) is 10.6. The van der Waals surface area contributed by atoms with E-state index in [4.69, 9.17) is 9.47 Å². The summed E-state index contributed by atoms with van der Waals surface area (Å²) in [5.74, 6) is 0.0648. The molecule has 7 heteroatoms. The lowest BCUT2D eigenvalue weighted by Gasteiger charge is -2.14. The monoisotopic (exact) mass is 380 g/mol. The van der Waals surface area contributed by atoms with E-state index in [-0.39, 0.29) is 6.61 Å². The summed E-state index contributed by atoms with van der Waals surface area (Å²) in [5, 5.41) is 0.703. The first-order valence-electron chi connectivity index (χ1n) is 6.66. The highest BCUT2D eigenvalue weighted by atomic mass is 79.9. The average Bonchev–Trinajstić information content (AvgIpc) is 3.11. The van der Waals surface area contributed by atoms with Crippen LogP contribution in [0.25, 0.3) is 0 Å². The zero-order valence-electron chi connectivity index (χ0n) is 11.7. The van der Waals surface area contributed by atoms with Crippen LogP contribution in [0.15, 0.2) is 45.3 Å². The third-order valence-electron chi connectivity index (χ3n) is 3.11. The van der Waals surface area contributed by atoms with Crippen molar-refractivity contribution in [2.24, 2.45) is 4.99 Å². The van der Waals surface area contributed by atoms with E-state index in [0.29, 0.717) is 10.9 Å². The molecule has 2 atom stereocenters. The van der Waals surface area contributed by atoms with Gasteiger partial charge in [0, 0.05) is 6.92 Å². The lowest BCUT2D eigenvalue weighted by atomic mass is 10.2. The number of rotatable bonds is 4. The molecule has 5 nitrogen and oxygen atoms in total. The van der Waals surface area contributed by atoms with Gasteiger partial charge in [0.15, 0.2) is 18.0 Å². The number of esters is 1. The van der Waals surface area contributed by atoms with Crippen molar-refractivity contribution in [3.05, 3.63) is 50.9 Å². The third-order valence-corrected chi connectivity index (χ3v) is 4.65. The van der Waals surface area contributed by atoms with Crippen molar-refractivity contribution in [3.8, 4) is 0 Å². The van der Waals surface area contributed by atoms with Gasteiger partial charge in [-0.25, -0.2) is 14.8 Å². The van der Waals surface area contributed by atoms with Crippen LogP contribution < -0.4 is 0 Å². The van der Waals surface area contributed by atoms with Crippen LogP contribution in [0.1, 0.15) is 23.6 Å². The van der Waals surface area contributed by atoms with Crippen LogP contribution in [-0.4, -0.2) is 22.9 Å². The zero-order valence-corrected chi connectivity index (χ0v) is 14.1. The van der Waals surface area contributed by atoms with Gasteiger partial charge >= 0.3 is 5.97 Å². The van der Waals surface area contributed by atoms with Crippen molar-refractivity contribution in [1.82, 2.24) is 4.98 Å². The second-order valence-corrected chi connectivity index (χ2v) is 7.17. The number of hydrogen-bond donors (Lipinski definition) is 0. The first kappa shape index (κ1) is 15.2. The lowest BCUT2D eigenvalue weighted by molar-refractivity contribution is -0.148. The predicted molar refractivity (Wildman–Crippen MR) is 86.8 cm³/mol. The standard InChI is InChI=1S/C15H13BrN2O3S/c1-9-18-12(13(21-9)14-17-7-11(16)22-14)15(19)20-8-10-5-3-2-4-6-10/h2-7,12-13H,8H2,1H3. The molecule has 0 bridgehead atoms. The Bertz CT molecular complexity index is 702. The summed E-state index contributed by atoms with van der Waals surface area (Å²) in [6, 6.07) is 8.83. The summed E-state index contributed by atoms with van der Waals surface area (Å²) in [5.41, 5.74) is 0.934. The molecule has 2 heterocycles. The summed E-state index contributed by atoms with van der Waals surface area (Å²) in [6.45, 7) is 1.94. The second-order valence-electron chi connectivity index (χ2n) is 4.73. The topological polar surface area (TPSA) is 60.8 Å². The van der Waals surface area contributed by atoms with Gasteiger partial charge in [0.05, 0.1) is 9.98 Å². The fraction of sp³-hybridized carbons (Fsp3) is 0.267. The van der Waals surface area contributed by atoms with Crippen molar-refractivity contribution in [2.75, 3.05) is 0 Å². The molecule has 1 aliphatic rings. The van der Waals surface area contributed by atoms with Gasteiger partial charge in [-0.15, -0.1) is 11.3 Å². The molecule has 0 spiro atoms. The number of thiazole rings is 1. The molecule has 0 N–H and O–H groups in total. The molecule has 2 unspecified atom stereocenters. The van der Waals surface area contributed by atoms with Gasteiger partial charge in [-0.2, -0.15) is 0 Å². The van der Waals surface area contributed by atoms with Gasteiger partial charge in [0.2, 0.25) is 0 Å². The maximum Gasteiger partial charge on any atom is 0.335 e. The van der Waals surface area contributed by atoms with Crippen molar-refractivity contribution in [3.63, 3.8) is 0 Å². The summed E-state index contributed by atoms with van der Waals surface area (Å²) >= 11 is 4.78. The molecule has 1 aromatic carbocycles. The van der Waals surface area contributed by atoms with Crippen LogP contribution in [0.4, 0.5) is 0 Å². The number of aliphatic imine (C=N–C) groups is 1.